The van der Waals surface area contributed by atoms with Crippen LogP contribution in [-0.4, -0.2) is 10.6 Å². The molecule has 0 amide bonds. The maximum atomic E-state index is 3.74. The van der Waals surface area contributed by atoms with Crippen molar-refractivity contribution in [2.75, 3.05) is 0 Å². The van der Waals surface area contributed by atoms with Crippen molar-refractivity contribution < 1.29 is 0 Å². The van der Waals surface area contributed by atoms with Crippen LogP contribution in [0.1, 0.15) is 44.1 Å². The van der Waals surface area contributed by atoms with Crippen molar-refractivity contribution in [2.45, 2.75) is 51.1 Å². The molecule has 1 N–H and O–H groups in total. The summed E-state index contributed by atoms with van der Waals surface area (Å²) in [6.45, 7) is 0.986. The third kappa shape index (κ3) is 3.51. The van der Waals surface area contributed by atoms with Crippen molar-refractivity contribution in [2.24, 2.45) is 0 Å². The summed E-state index contributed by atoms with van der Waals surface area (Å²) in [6, 6.07) is 13.7. The zero-order chi connectivity index (χ0) is 13.6. The average molecular weight is 268 g/mol. The molecule has 20 heavy (non-hydrogen) atoms. The second-order valence-electron chi connectivity index (χ2n) is 5.83. The highest BCUT2D eigenvalue weighted by Gasteiger charge is 2.11. The fourth-order valence-electron chi connectivity index (χ4n) is 3.08. The summed E-state index contributed by atoms with van der Waals surface area (Å²) >= 11 is 0. The van der Waals surface area contributed by atoms with Crippen molar-refractivity contribution in [3.8, 4) is 5.69 Å². The van der Waals surface area contributed by atoms with Gasteiger partial charge in [-0.3, -0.25) is 0 Å². The first-order valence-electron chi connectivity index (χ1n) is 7.87. The van der Waals surface area contributed by atoms with E-state index in [1.54, 1.807) is 0 Å². The Hall–Kier alpha value is -1.54. The topological polar surface area (TPSA) is 17.0 Å². The minimum atomic E-state index is 0.715. The molecule has 0 radical (unpaired) electrons. The molecule has 2 aromatic rings. The highest BCUT2D eigenvalue weighted by Crippen LogP contribution is 2.18. The van der Waals surface area contributed by atoms with Crippen LogP contribution in [-0.2, 0) is 6.54 Å². The smallest absolute Gasteiger partial charge is 0.0452 e. The van der Waals surface area contributed by atoms with Gasteiger partial charge in [-0.05, 0) is 42.7 Å². The molecule has 0 atom stereocenters. The minimum Gasteiger partial charge on any atom is -0.324 e. The number of benzene rings is 1. The van der Waals surface area contributed by atoms with Gasteiger partial charge in [0.2, 0.25) is 0 Å². The molecular weight excluding hydrogens is 244 g/mol. The Kier molecular flexibility index (Phi) is 4.54. The molecule has 0 unspecified atom stereocenters. The van der Waals surface area contributed by atoms with Crippen molar-refractivity contribution in [1.82, 2.24) is 9.88 Å². The van der Waals surface area contributed by atoms with Gasteiger partial charge in [0, 0.05) is 30.7 Å². The van der Waals surface area contributed by atoms with Crippen LogP contribution in [0.15, 0.2) is 48.8 Å². The van der Waals surface area contributed by atoms with E-state index in [0.717, 1.165) is 6.54 Å². The van der Waals surface area contributed by atoms with Crippen molar-refractivity contribution in [1.29, 1.82) is 0 Å². The van der Waals surface area contributed by atoms with Crippen LogP contribution in [0, 0.1) is 0 Å². The van der Waals surface area contributed by atoms with Gasteiger partial charge in [-0.2, -0.15) is 0 Å². The van der Waals surface area contributed by atoms with E-state index < -0.39 is 0 Å². The molecule has 1 saturated carbocycles. The predicted molar refractivity (Wildman–Crippen MR) is 84.1 cm³/mol. The van der Waals surface area contributed by atoms with Gasteiger partial charge in [-0.25, -0.2) is 0 Å². The largest absolute Gasteiger partial charge is 0.324 e. The van der Waals surface area contributed by atoms with Crippen molar-refractivity contribution in [3.05, 3.63) is 54.4 Å². The summed E-state index contributed by atoms with van der Waals surface area (Å²) in [5, 5.41) is 3.74. The van der Waals surface area contributed by atoms with E-state index in [0.29, 0.717) is 6.04 Å². The molecule has 0 spiro atoms. The Balaban J connectivity index is 1.61. The van der Waals surface area contributed by atoms with Crippen LogP contribution in [0.2, 0.25) is 0 Å². The zero-order valence-electron chi connectivity index (χ0n) is 12.1. The average Bonchev–Trinajstić information content (AvgIpc) is 2.90. The number of hydrogen-bond acceptors (Lipinski definition) is 1. The molecule has 0 saturated heterocycles. The SMILES string of the molecule is c1cc(CNC2CCCCCC2)cc(-n2cccc2)c1. The van der Waals surface area contributed by atoms with Crippen LogP contribution >= 0.6 is 0 Å². The number of nitrogens with one attached hydrogen (secondary N) is 1. The van der Waals surface area contributed by atoms with Gasteiger partial charge < -0.3 is 9.88 Å². The molecule has 1 aliphatic carbocycles. The zero-order valence-corrected chi connectivity index (χ0v) is 12.1. The summed E-state index contributed by atoms with van der Waals surface area (Å²) in [7, 11) is 0. The molecule has 1 aliphatic rings. The predicted octanol–water partition coefficient (Wildman–Crippen LogP) is 4.29. The monoisotopic (exact) mass is 268 g/mol. The van der Waals surface area contributed by atoms with Crippen LogP contribution < -0.4 is 5.32 Å². The molecule has 1 heterocycles. The molecular formula is C18H24N2. The van der Waals surface area contributed by atoms with E-state index >= 15 is 0 Å². The van der Waals surface area contributed by atoms with Gasteiger partial charge in [0.15, 0.2) is 0 Å². The second kappa shape index (κ2) is 6.76. The van der Waals surface area contributed by atoms with Gasteiger partial charge in [-0.1, -0.05) is 37.8 Å². The van der Waals surface area contributed by atoms with Crippen molar-refractivity contribution >= 4 is 0 Å². The lowest BCUT2D eigenvalue weighted by Gasteiger charge is -2.16. The Morgan fingerprint density at radius 1 is 0.950 bits per heavy atom. The lowest BCUT2D eigenvalue weighted by atomic mass is 10.1. The number of hydrogen-bond donors (Lipinski definition) is 1. The molecule has 1 aromatic carbocycles. The molecule has 106 valence electrons. The summed E-state index contributed by atoms with van der Waals surface area (Å²) in [5.74, 6) is 0. The Bertz CT molecular complexity index is 508. The first kappa shape index (κ1) is 13.4. The Morgan fingerprint density at radius 3 is 2.45 bits per heavy atom. The number of aromatic nitrogens is 1. The molecule has 3 rings (SSSR count). The maximum absolute atomic E-state index is 3.74. The Labute approximate surface area is 121 Å². The highest BCUT2D eigenvalue weighted by molar-refractivity contribution is 5.36. The summed E-state index contributed by atoms with van der Waals surface area (Å²) < 4.78 is 2.16. The lowest BCUT2D eigenvalue weighted by Crippen LogP contribution is -2.27. The first-order valence-corrected chi connectivity index (χ1v) is 7.87. The molecule has 2 heteroatoms. The second-order valence-corrected chi connectivity index (χ2v) is 5.83. The van der Waals surface area contributed by atoms with Crippen LogP contribution in [0.25, 0.3) is 5.69 Å². The first-order chi connectivity index (χ1) is 9.92. The third-order valence-electron chi connectivity index (χ3n) is 4.26. The standard InChI is InChI=1S/C18H24N2/c1-2-4-10-17(9-3-1)19-15-16-8-7-11-18(14-16)20-12-5-6-13-20/h5-8,11-14,17,19H,1-4,9-10,15H2. The fraction of sp³-hybridized carbons (Fsp3) is 0.444. The van der Waals surface area contributed by atoms with Gasteiger partial charge in [0.05, 0.1) is 0 Å². The highest BCUT2D eigenvalue weighted by atomic mass is 14.9. The molecule has 1 fully saturated rings. The van der Waals surface area contributed by atoms with Gasteiger partial charge >= 0.3 is 0 Å². The number of nitrogens with zero attached hydrogens (tertiary/aromatic N) is 1. The normalized spacial score (nSPS) is 17.0. The van der Waals surface area contributed by atoms with Crippen LogP contribution in [0.3, 0.4) is 0 Å². The van der Waals surface area contributed by atoms with E-state index in [-0.39, 0.29) is 0 Å². The van der Waals surface area contributed by atoms with E-state index in [4.69, 9.17) is 0 Å². The third-order valence-corrected chi connectivity index (χ3v) is 4.26. The summed E-state index contributed by atoms with van der Waals surface area (Å²) in [6.07, 6.45) is 12.5. The maximum Gasteiger partial charge on any atom is 0.0452 e. The molecule has 0 bridgehead atoms. The van der Waals surface area contributed by atoms with Crippen LogP contribution in [0.4, 0.5) is 0 Å². The van der Waals surface area contributed by atoms with E-state index in [1.165, 1.54) is 49.8 Å². The quantitative estimate of drug-likeness (QED) is 0.819. The Morgan fingerprint density at radius 2 is 1.70 bits per heavy atom. The molecule has 2 nitrogen and oxygen atoms in total. The number of rotatable bonds is 4. The van der Waals surface area contributed by atoms with Gasteiger partial charge in [0.1, 0.15) is 0 Å². The lowest BCUT2D eigenvalue weighted by molar-refractivity contribution is 0.459. The van der Waals surface area contributed by atoms with E-state index in [2.05, 4.69) is 58.7 Å². The van der Waals surface area contributed by atoms with E-state index in [1.807, 2.05) is 0 Å². The molecule has 0 aliphatic heterocycles. The summed E-state index contributed by atoms with van der Waals surface area (Å²) in [5.41, 5.74) is 2.62. The van der Waals surface area contributed by atoms with E-state index in [9.17, 15) is 0 Å². The fourth-order valence-corrected chi connectivity index (χ4v) is 3.08. The summed E-state index contributed by atoms with van der Waals surface area (Å²) in [4.78, 5) is 0. The minimum absolute atomic E-state index is 0.715. The van der Waals surface area contributed by atoms with Crippen molar-refractivity contribution in [3.63, 3.8) is 0 Å². The van der Waals surface area contributed by atoms with Crippen LogP contribution in [0.5, 0.6) is 0 Å². The molecule has 1 aromatic heterocycles. The van der Waals surface area contributed by atoms with Gasteiger partial charge in [0.25, 0.3) is 0 Å². The van der Waals surface area contributed by atoms with Gasteiger partial charge in [-0.15, -0.1) is 0 Å².